The molecule has 2 aromatic rings. The van der Waals surface area contributed by atoms with Gasteiger partial charge < -0.3 is 5.11 Å². The zero-order valence-electron chi connectivity index (χ0n) is 10.3. The van der Waals surface area contributed by atoms with E-state index in [1.54, 1.807) is 6.07 Å². The van der Waals surface area contributed by atoms with Crippen LogP contribution in [0.2, 0.25) is 0 Å². The lowest BCUT2D eigenvalue weighted by Gasteiger charge is -2.04. The normalized spacial score (nSPS) is 9.84. The highest BCUT2D eigenvalue weighted by Gasteiger charge is 2.01. The monoisotopic (exact) mass is 251 g/mol. The van der Waals surface area contributed by atoms with Gasteiger partial charge in [0.1, 0.15) is 0 Å². The fourth-order valence-electron chi connectivity index (χ4n) is 1.88. The number of nitriles is 1. The fraction of sp³-hybridized carbons (Fsp3) is 0.125. The van der Waals surface area contributed by atoms with E-state index < -0.39 is 5.97 Å². The van der Waals surface area contributed by atoms with Crippen molar-refractivity contribution in [3.8, 4) is 17.2 Å². The highest BCUT2D eigenvalue weighted by Crippen LogP contribution is 2.21. The largest absolute Gasteiger partial charge is 0.481 e. The van der Waals surface area contributed by atoms with Crippen LogP contribution in [-0.4, -0.2) is 11.1 Å². The van der Waals surface area contributed by atoms with E-state index in [1.165, 1.54) is 0 Å². The van der Waals surface area contributed by atoms with E-state index in [0.29, 0.717) is 12.0 Å². The van der Waals surface area contributed by atoms with E-state index in [4.69, 9.17) is 10.4 Å². The van der Waals surface area contributed by atoms with Gasteiger partial charge in [-0.2, -0.15) is 5.26 Å². The van der Waals surface area contributed by atoms with Crippen molar-refractivity contribution in [2.45, 2.75) is 12.8 Å². The minimum Gasteiger partial charge on any atom is -0.481 e. The molecule has 0 atom stereocenters. The second-order valence-electron chi connectivity index (χ2n) is 4.28. The maximum absolute atomic E-state index is 10.5. The van der Waals surface area contributed by atoms with Crippen LogP contribution in [0.25, 0.3) is 11.1 Å². The Balaban J connectivity index is 2.18. The average Bonchev–Trinajstić information content (AvgIpc) is 2.45. The summed E-state index contributed by atoms with van der Waals surface area (Å²) in [5.41, 5.74) is 3.65. The van der Waals surface area contributed by atoms with Crippen molar-refractivity contribution >= 4 is 5.97 Å². The van der Waals surface area contributed by atoms with E-state index in [9.17, 15) is 4.79 Å². The predicted octanol–water partition coefficient (Wildman–Crippen LogP) is 3.24. The number of carbonyl (C=O) groups is 1. The van der Waals surface area contributed by atoms with Crippen LogP contribution < -0.4 is 0 Å². The zero-order chi connectivity index (χ0) is 13.7. The molecule has 0 aliphatic rings. The topological polar surface area (TPSA) is 61.1 Å². The lowest BCUT2D eigenvalue weighted by Crippen LogP contribution is -1.97. The number of rotatable bonds is 4. The number of aliphatic carboxylic acids is 1. The van der Waals surface area contributed by atoms with Gasteiger partial charge in [0.15, 0.2) is 0 Å². The lowest BCUT2D eigenvalue weighted by atomic mass is 10.0. The molecule has 0 saturated heterocycles. The molecule has 0 aliphatic heterocycles. The maximum Gasteiger partial charge on any atom is 0.303 e. The van der Waals surface area contributed by atoms with Gasteiger partial charge in [-0.15, -0.1) is 0 Å². The van der Waals surface area contributed by atoms with Crippen LogP contribution in [0.4, 0.5) is 0 Å². The Morgan fingerprint density at radius 2 is 1.84 bits per heavy atom. The van der Waals surface area contributed by atoms with Crippen molar-refractivity contribution in [1.82, 2.24) is 0 Å². The second-order valence-corrected chi connectivity index (χ2v) is 4.28. The number of carboxylic acid groups (broad SMARTS) is 1. The van der Waals surface area contributed by atoms with Crippen LogP contribution in [0.3, 0.4) is 0 Å². The van der Waals surface area contributed by atoms with Crippen LogP contribution >= 0.6 is 0 Å². The Hall–Kier alpha value is -2.60. The standard InChI is InChI=1S/C16H13NO2/c17-11-13-2-1-3-15(10-13)14-7-4-12(5-8-14)6-9-16(18)19/h1-5,7-8,10H,6,9H2,(H,18,19). The molecule has 2 aromatic carbocycles. The predicted molar refractivity (Wildman–Crippen MR) is 72.5 cm³/mol. The Morgan fingerprint density at radius 1 is 1.11 bits per heavy atom. The third kappa shape index (κ3) is 3.43. The van der Waals surface area contributed by atoms with Crippen molar-refractivity contribution in [2.75, 3.05) is 0 Å². The summed E-state index contributed by atoms with van der Waals surface area (Å²) in [4.78, 5) is 10.5. The third-order valence-corrected chi connectivity index (χ3v) is 2.91. The summed E-state index contributed by atoms with van der Waals surface area (Å²) < 4.78 is 0. The first-order chi connectivity index (χ1) is 9.19. The molecule has 0 aromatic heterocycles. The molecule has 0 spiro atoms. The number of aryl methyl sites for hydroxylation is 1. The average molecular weight is 251 g/mol. The summed E-state index contributed by atoms with van der Waals surface area (Å²) in [7, 11) is 0. The van der Waals surface area contributed by atoms with Crippen molar-refractivity contribution in [2.24, 2.45) is 0 Å². The summed E-state index contributed by atoms with van der Waals surface area (Å²) in [6, 6.07) is 17.3. The van der Waals surface area contributed by atoms with E-state index in [0.717, 1.165) is 16.7 Å². The first kappa shape index (κ1) is 12.8. The molecule has 0 heterocycles. The molecule has 2 rings (SSSR count). The van der Waals surface area contributed by atoms with E-state index in [2.05, 4.69) is 6.07 Å². The summed E-state index contributed by atoms with van der Waals surface area (Å²) in [6.07, 6.45) is 0.678. The fourth-order valence-corrected chi connectivity index (χ4v) is 1.88. The molecule has 19 heavy (non-hydrogen) atoms. The molecule has 3 nitrogen and oxygen atoms in total. The Kier molecular flexibility index (Phi) is 3.94. The van der Waals surface area contributed by atoms with Crippen molar-refractivity contribution in [3.05, 3.63) is 59.7 Å². The van der Waals surface area contributed by atoms with Gasteiger partial charge in [-0.3, -0.25) is 4.79 Å². The van der Waals surface area contributed by atoms with Crippen LogP contribution in [-0.2, 0) is 11.2 Å². The number of hydrogen-bond acceptors (Lipinski definition) is 2. The summed E-state index contributed by atoms with van der Waals surface area (Å²) >= 11 is 0. The number of hydrogen-bond donors (Lipinski definition) is 1. The maximum atomic E-state index is 10.5. The Bertz CT molecular complexity index is 624. The third-order valence-electron chi connectivity index (χ3n) is 2.91. The van der Waals surface area contributed by atoms with Crippen LogP contribution in [0.15, 0.2) is 48.5 Å². The summed E-state index contributed by atoms with van der Waals surface area (Å²) in [5, 5.41) is 17.5. The molecule has 0 amide bonds. The summed E-state index contributed by atoms with van der Waals surface area (Å²) in [6.45, 7) is 0. The van der Waals surface area contributed by atoms with Crippen LogP contribution in [0, 0.1) is 11.3 Å². The lowest BCUT2D eigenvalue weighted by molar-refractivity contribution is -0.136. The number of carboxylic acids is 1. The van der Waals surface area contributed by atoms with Gasteiger partial charge in [-0.25, -0.2) is 0 Å². The minimum atomic E-state index is -0.786. The number of nitrogens with zero attached hydrogens (tertiary/aromatic N) is 1. The Labute approximate surface area is 111 Å². The van der Waals surface area contributed by atoms with Gasteiger partial charge >= 0.3 is 5.97 Å². The molecule has 0 radical (unpaired) electrons. The highest BCUT2D eigenvalue weighted by atomic mass is 16.4. The molecular formula is C16H13NO2. The first-order valence-corrected chi connectivity index (χ1v) is 6.00. The van der Waals surface area contributed by atoms with Gasteiger partial charge in [-0.05, 0) is 35.2 Å². The molecule has 1 N–H and O–H groups in total. The SMILES string of the molecule is N#Cc1cccc(-c2ccc(CCC(=O)O)cc2)c1. The van der Waals surface area contributed by atoms with Gasteiger partial charge in [0.25, 0.3) is 0 Å². The first-order valence-electron chi connectivity index (χ1n) is 6.00. The van der Waals surface area contributed by atoms with E-state index in [-0.39, 0.29) is 6.42 Å². The van der Waals surface area contributed by atoms with Gasteiger partial charge in [0, 0.05) is 6.42 Å². The smallest absolute Gasteiger partial charge is 0.303 e. The molecule has 0 aliphatic carbocycles. The molecule has 0 fully saturated rings. The molecular weight excluding hydrogens is 238 g/mol. The van der Waals surface area contributed by atoms with Gasteiger partial charge in [-0.1, -0.05) is 36.4 Å². The molecule has 94 valence electrons. The molecule has 3 heteroatoms. The van der Waals surface area contributed by atoms with Crippen molar-refractivity contribution in [1.29, 1.82) is 5.26 Å². The summed E-state index contributed by atoms with van der Waals surface area (Å²) in [5.74, 6) is -0.786. The van der Waals surface area contributed by atoms with Gasteiger partial charge in [0.2, 0.25) is 0 Å². The zero-order valence-corrected chi connectivity index (χ0v) is 10.3. The highest BCUT2D eigenvalue weighted by molar-refractivity contribution is 5.68. The molecule has 0 saturated carbocycles. The quantitative estimate of drug-likeness (QED) is 0.907. The van der Waals surface area contributed by atoms with E-state index in [1.807, 2.05) is 42.5 Å². The van der Waals surface area contributed by atoms with E-state index >= 15 is 0 Å². The van der Waals surface area contributed by atoms with Crippen LogP contribution in [0.1, 0.15) is 17.5 Å². The minimum absolute atomic E-state index is 0.142. The van der Waals surface area contributed by atoms with Gasteiger partial charge in [0.05, 0.1) is 11.6 Å². The van der Waals surface area contributed by atoms with Crippen LogP contribution in [0.5, 0.6) is 0 Å². The Morgan fingerprint density at radius 3 is 2.47 bits per heavy atom. The van der Waals surface area contributed by atoms with Crippen molar-refractivity contribution < 1.29 is 9.90 Å². The molecule has 0 unspecified atom stereocenters. The number of benzene rings is 2. The second kappa shape index (κ2) is 5.83. The van der Waals surface area contributed by atoms with Crippen molar-refractivity contribution in [3.63, 3.8) is 0 Å². The molecule has 0 bridgehead atoms.